The molecule has 4 rings (SSSR count). The first-order chi connectivity index (χ1) is 16.2. The zero-order valence-electron chi connectivity index (χ0n) is 18.3. The highest BCUT2D eigenvalue weighted by atomic mass is 32.2. The van der Waals surface area contributed by atoms with Crippen LogP contribution in [0.2, 0.25) is 0 Å². The quantitative estimate of drug-likeness (QED) is 0.375. The number of para-hydroxylation sites is 1. The molecule has 0 aliphatic rings. The number of aromatic nitrogens is 1. The highest BCUT2D eigenvalue weighted by Crippen LogP contribution is 2.21. The first-order valence-corrected chi connectivity index (χ1v) is 12.0. The number of rotatable bonds is 7. The van der Waals surface area contributed by atoms with Crippen LogP contribution in [-0.4, -0.2) is 25.9 Å². The van der Waals surface area contributed by atoms with Gasteiger partial charge in [0.15, 0.2) is 0 Å². The van der Waals surface area contributed by atoms with Gasteiger partial charge in [0.05, 0.1) is 10.6 Å². The number of carbonyl (C=O) groups excluding carboxylic acids is 1. The van der Waals surface area contributed by atoms with Crippen molar-refractivity contribution in [1.82, 2.24) is 10.3 Å². The average molecular weight is 480 g/mol. The highest BCUT2D eigenvalue weighted by Gasteiger charge is 2.19. The lowest BCUT2D eigenvalue weighted by atomic mass is 10.1. The molecule has 0 aliphatic heterocycles. The van der Waals surface area contributed by atoms with Crippen LogP contribution in [0.15, 0.2) is 82.6 Å². The largest absolute Gasteiger partial charge is 0.360 e. The van der Waals surface area contributed by atoms with Gasteiger partial charge in [0.25, 0.3) is 15.9 Å². The van der Waals surface area contributed by atoms with E-state index >= 15 is 0 Å². The summed E-state index contributed by atoms with van der Waals surface area (Å²) in [4.78, 5) is 28.2. The second kappa shape index (κ2) is 9.48. The van der Waals surface area contributed by atoms with Crippen LogP contribution in [0.25, 0.3) is 10.9 Å². The number of halogens is 1. The maximum absolute atomic E-state index is 13.9. The lowest BCUT2D eigenvalue weighted by molar-refractivity contribution is 0.0953. The van der Waals surface area contributed by atoms with E-state index in [-0.39, 0.29) is 21.5 Å². The molecule has 34 heavy (non-hydrogen) atoms. The first-order valence-electron chi connectivity index (χ1n) is 10.5. The summed E-state index contributed by atoms with van der Waals surface area (Å²) in [7, 11) is -4.17. The standard InChI is InChI=1S/C25H22FN3O4S/c1-16-6-8-17(9-7-16)12-13-27-25(31)20-15-28-22-11-10-18(14-19(22)24(20)30)34(32,33)29-23-5-3-2-4-21(23)26/h2-11,14-15,29H,12-13H2,1H3,(H,27,31)(H,28,30). The molecule has 1 amide bonds. The molecule has 0 unspecified atom stereocenters. The number of anilines is 1. The summed E-state index contributed by atoms with van der Waals surface area (Å²) in [6.45, 7) is 2.32. The van der Waals surface area contributed by atoms with Gasteiger partial charge in [-0.3, -0.25) is 14.3 Å². The molecular weight excluding hydrogens is 457 g/mol. The predicted octanol–water partition coefficient (Wildman–Crippen LogP) is 3.75. The molecule has 7 nitrogen and oxygen atoms in total. The van der Waals surface area contributed by atoms with E-state index in [2.05, 4.69) is 15.0 Å². The minimum atomic E-state index is -4.17. The third-order valence-corrected chi connectivity index (χ3v) is 6.71. The normalized spacial score (nSPS) is 11.4. The number of sulfonamides is 1. The minimum absolute atomic E-state index is 0.0302. The number of nitrogens with one attached hydrogen (secondary N) is 3. The van der Waals surface area contributed by atoms with Crippen molar-refractivity contribution in [2.24, 2.45) is 0 Å². The van der Waals surface area contributed by atoms with Crippen molar-refractivity contribution in [3.63, 3.8) is 0 Å². The van der Waals surface area contributed by atoms with E-state index in [1.54, 1.807) is 0 Å². The topological polar surface area (TPSA) is 108 Å². The predicted molar refractivity (Wildman–Crippen MR) is 129 cm³/mol. The van der Waals surface area contributed by atoms with Crippen LogP contribution in [0.1, 0.15) is 21.5 Å². The average Bonchev–Trinajstić information content (AvgIpc) is 2.82. The Labute approximate surface area is 195 Å². The number of amides is 1. The molecule has 1 heterocycles. The summed E-state index contributed by atoms with van der Waals surface area (Å²) in [5, 5.41) is 2.75. The van der Waals surface area contributed by atoms with Crippen molar-refractivity contribution in [3.8, 4) is 0 Å². The summed E-state index contributed by atoms with van der Waals surface area (Å²) in [5.41, 5.74) is 1.61. The maximum Gasteiger partial charge on any atom is 0.262 e. The summed E-state index contributed by atoms with van der Waals surface area (Å²) in [5.74, 6) is -1.29. The molecular formula is C25H22FN3O4S. The maximum atomic E-state index is 13.9. The van der Waals surface area contributed by atoms with Crippen molar-refractivity contribution in [3.05, 3.63) is 106 Å². The second-order valence-electron chi connectivity index (χ2n) is 7.82. The number of H-pyrrole nitrogens is 1. The molecule has 174 valence electrons. The lowest BCUT2D eigenvalue weighted by Gasteiger charge is -2.10. The minimum Gasteiger partial charge on any atom is -0.360 e. The van der Waals surface area contributed by atoms with Crippen LogP contribution in [0.5, 0.6) is 0 Å². The van der Waals surface area contributed by atoms with E-state index in [0.717, 1.165) is 17.2 Å². The Bertz CT molecular complexity index is 1530. The van der Waals surface area contributed by atoms with Crippen molar-refractivity contribution in [1.29, 1.82) is 0 Å². The fraction of sp³-hybridized carbons (Fsp3) is 0.120. The number of fused-ring (bicyclic) bond motifs is 1. The van der Waals surface area contributed by atoms with E-state index in [4.69, 9.17) is 0 Å². The number of hydrogen-bond donors (Lipinski definition) is 3. The Morgan fingerprint density at radius 1 is 1.03 bits per heavy atom. The number of benzene rings is 3. The molecule has 4 aromatic rings. The van der Waals surface area contributed by atoms with Gasteiger partial charge in [0, 0.05) is 23.6 Å². The van der Waals surface area contributed by atoms with Gasteiger partial charge in [-0.05, 0) is 49.2 Å². The summed E-state index contributed by atoms with van der Waals surface area (Å²) >= 11 is 0. The van der Waals surface area contributed by atoms with Crippen LogP contribution in [0, 0.1) is 12.7 Å². The van der Waals surface area contributed by atoms with Crippen LogP contribution >= 0.6 is 0 Å². The van der Waals surface area contributed by atoms with Gasteiger partial charge in [-0.25, -0.2) is 12.8 Å². The zero-order valence-corrected chi connectivity index (χ0v) is 19.1. The fourth-order valence-corrected chi connectivity index (χ4v) is 4.54. The smallest absolute Gasteiger partial charge is 0.262 e. The molecule has 0 fully saturated rings. The molecule has 0 radical (unpaired) electrons. The number of carbonyl (C=O) groups is 1. The molecule has 3 N–H and O–H groups in total. The zero-order chi connectivity index (χ0) is 24.3. The molecule has 0 bridgehead atoms. The Hall–Kier alpha value is -3.98. The third-order valence-electron chi connectivity index (χ3n) is 5.35. The Kier molecular flexibility index (Phi) is 6.47. The van der Waals surface area contributed by atoms with Crippen LogP contribution in [-0.2, 0) is 16.4 Å². The van der Waals surface area contributed by atoms with Crippen molar-refractivity contribution in [2.75, 3.05) is 11.3 Å². The van der Waals surface area contributed by atoms with E-state index in [1.165, 1.54) is 42.6 Å². The van der Waals surface area contributed by atoms with Crippen molar-refractivity contribution < 1.29 is 17.6 Å². The molecule has 0 aliphatic carbocycles. The van der Waals surface area contributed by atoms with E-state index < -0.39 is 27.2 Å². The summed E-state index contributed by atoms with van der Waals surface area (Å²) in [6, 6.07) is 17.2. The van der Waals surface area contributed by atoms with Crippen molar-refractivity contribution in [2.45, 2.75) is 18.2 Å². The number of aromatic amines is 1. The van der Waals surface area contributed by atoms with Gasteiger partial charge in [-0.2, -0.15) is 0 Å². The summed E-state index contributed by atoms with van der Waals surface area (Å²) < 4.78 is 41.6. The molecule has 0 saturated carbocycles. The van der Waals surface area contributed by atoms with E-state index in [0.29, 0.717) is 18.5 Å². The Balaban J connectivity index is 1.56. The van der Waals surface area contributed by atoms with Gasteiger partial charge < -0.3 is 10.3 Å². The fourth-order valence-electron chi connectivity index (χ4n) is 3.45. The Morgan fingerprint density at radius 3 is 2.50 bits per heavy atom. The molecule has 3 aromatic carbocycles. The van der Waals surface area contributed by atoms with Gasteiger partial charge in [-0.15, -0.1) is 0 Å². The molecule has 0 saturated heterocycles. The number of pyridine rings is 1. The van der Waals surface area contributed by atoms with E-state index in [9.17, 15) is 22.4 Å². The van der Waals surface area contributed by atoms with Crippen LogP contribution in [0.4, 0.5) is 10.1 Å². The SMILES string of the molecule is Cc1ccc(CCNC(=O)c2c[nH]c3ccc(S(=O)(=O)Nc4ccccc4F)cc3c2=O)cc1. The van der Waals surface area contributed by atoms with E-state index in [1.807, 2.05) is 31.2 Å². The molecule has 0 spiro atoms. The molecule has 0 atom stereocenters. The highest BCUT2D eigenvalue weighted by molar-refractivity contribution is 7.92. The monoisotopic (exact) mass is 479 g/mol. The van der Waals surface area contributed by atoms with Gasteiger partial charge in [-0.1, -0.05) is 42.0 Å². The molecule has 1 aromatic heterocycles. The number of hydrogen-bond acceptors (Lipinski definition) is 4. The second-order valence-corrected chi connectivity index (χ2v) is 9.50. The third kappa shape index (κ3) is 4.99. The van der Waals surface area contributed by atoms with Crippen molar-refractivity contribution >= 4 is 32.5 Å². The van der Waals surface area contributed by atoms with Crippen LogP contribution < -0.4 is 15.5 Å². The van der Waals surface area contributed by atoms with Gasteiger partial charge >= 0.3 is 0 Å². The Morgan fingerprint density at radius 2 is 1.76 bits per heavy atom. The first kappa shape index (κ1) is 23.2. The summed E-state index contributed by atoms with van der Waals surface area (Å²) in [6.07, 6.45) is 1.90. The molecule has 9 heteroatoms. The van der Waals surface area contributed by atoms with Crippen LogP contribution in [0.3, 0.4) is 0 Å². The van der Waals surface area contributed by atoms with Gasteiger partial charge in [0.1, 0.15) is 11.4 Å². The number of aryl methyl sites for hydroxylation is 1. The lowest BCUT2D eigenvalue weighted by Crippen LogP contribution is -2.30. The van der Waals surface area contributed by atoms with Gasteiger partial charge in [0.2, 0.25) is 5.43 Å².